The minimum absolute atomic E-state index is 0.218. The Morgan fingerprint density at radius 3 is 2.65 bits per heavy atom. The van der Waals surface area contributed by atoms with Crippen molar-refractivity contribution in [2.45, 2.75) is 66.7 Å². The van der Waals surface area contributed by atoms with Gasteiger partial charge in [-0.25, -0.2) is 0 Å². The van der Waals surface area contributed by atoms with Crippen LogP contribution in [0.5, 0.6) is 0 Å². The Balaban J connectivity index is 1.72. The number of rotatable bonds is 6. The minimum Gasteiger partial charge on any atom is -0.396 e. The van der Waals surface area contributed by atoms with E-state index in [2.05, 4.69) is 38.8 Å². The molecule has 0 bridgehead atoms. The van der Waals surface area contributed by atoms with Crippen molar-refractivity contribution in [3.05, 3.63) is 0 Å². The fourth-order valence-corrected chi connectivity index (χ4v) is 4.04. The highest BCUT2D eigenvalue weighted by molar-refractivity contribution is 9.09. The molecule has 0 spiro atoms. The fourth-order valence-electron chi connectivity index (χ4n) is 2.47. The van der Waals surface area contributed by atoms with E-state index in [0.717, 1.165) is 25.7 Å². The van der Waals surface area contributed by atoms with Crippen molar-refractivity contribution < 1.29 is 14.6 Å². The Morgan fingerprint density at radius 1 is 1.29 bits per heavy atom. The van der Waals surface area contributed by atoms with E-state index in [1.54, 1.807) is 0 Å². The van der Waals surface area contributed by atoms with Crippen LogP contribution >= 0.6 is 31.9 Å². The van der Waals surface area contributed by atoms with E-state index in [1.165, 1.54) is 0 Å². The Bertz CT molecular complexity index is 252. The van der Waals surface area contributed by atoms with Gasteiger partial charge in [0.2, 0.25) is 0 Å². The van der Waals surface area contributed by atoms with Gasteiger partial charge >= 0.3 is 0 Å². The fraction of sp³-hybridized carbons (Fsp3) is 1.00. The number of halogens is 2. The summed E-state index contributed by atoms with van der Waals surface area (Å²) in [4.78, 5) is 0.832. The van der Waals surface area contributed by atoms with Gasteiger partial charge in [0.1, 0.15) is 0 Å². The van der Waals surface area contributed by atoms with Gasteiger partial charge in [-0.15, -0.1) is 0 Å². The largest absolute Gasteiger partial charge is 0.396 e. The molecule has 0 aromatic heterocycles. The molecule has 0 unspecified atom stereocenters. The number of aliphatic hydroxyl groups excluding tert-OH is 1. The highest BCUT2D eigenvalue weighted by atomic mass is 79.9. The molecule has 6 atom stereocenters. The van der Waals surface area contributed by atoms with Crippen LogP contribution in [0.1, 0.15) is 32.6 Å². The molecule has 0 aromatic rings. The first-order chi connectivity index (χ1) is 8.15. The predicted octanol–water partition coefficient (Wildman–Crippen LogP) is 2.62. The number of hydrogen-bond donors (Lipinski definition) is 1. The minimum atomic E-state index is 0.218. The first kappa shape index (κ1) is 14.3. The summed E-state index contributed by atoms with van der Waals surface area (Å²) in [6.07, 6.45) is 5.05. The standard InChI is InChI=1S/C12H20Br2O3/c1-2-9-7(13)5-11(16-9)8(14)6-12-10(17-12)3-4-15/h7-12,15H,2-6H2,1H3/t7-,8+,9+,10+,11+,12-/m0/s1. The van der Waals surface area contributed by atoms with Crippen molar-refractivity contribution >= 4 is 31.9 Å². The lowest BCUT2D eigenvalue weighted by Gasteiger charge is -2.17. The second-order valence-corrected chi connectivity index (χ2v) is 7.20. The third kappa shape index (κ3) is 3.66. The summed E-state index contributed by atoms with van der Waals surface area (Å²) in [5.74, 6) is 0. The maximum absolute atomic E-state index is 8.82. The van der Waals surface area contributed by atoms with Crippen LogP contribution in [0, 0.1) is 0 Å². The summed E-state index contributed by atoms with van der Waals surface area (Å²) in [6, 6.07) is 0. The Kier molecular flexibility index (Phi) is 5.31. The molecule has 2 heterocycles. The molecule has 100 valence electrons. The van der Waals surface area contributed by atoms with E-state index in [9.17, 15) is 0 Å². The quantitative estimate of drug-likeness (QED) is 0.576. The van der Waals surface area contributed by atoms with Crippen LogP contribution in [0.25, 0.3) is 0 Å². The van der Waals surface area contributed by atoms with Crippen LogP contribution in [0.15, 0.2) is 0 Å². The van der Waals surface area contributed by atoms with Crippen LogP contribution in [0.4, 0.5) is 0 Å². The SMILES string of the molecule is CC[C@H]1O[C@@H]([C@H](Br)C[C@@H]2O[C@@H]2CCO)C[C@@H]1Br. The second-order valence-electron chi connectivity index (χ2n) is 4.85. The number of epoxide rings is 1. The zero-order valence-electron chi connectivity index (χ0n) is 10.0. The van der Waals surface area contributed by atoms with E-state index >= 15 is 0 Å². The molecule has 2 fully saturated rings. The summed E-state index contributed by atoms with van der Waals surface area (Å²) in [5.41, 5.74) is 0. The van der Waals surface area contributed by atoms with Crippen molar-refractivity contribution in [1.29, 1.82) is 0 Å². The molecule has 0 amide bonds. The van der Waals surface area contributed by atoms with Gasteiger partial charge in [-0.2, -0.15) is 0 Å². The van der Waals surface area contributed by atoms with Crippen molar-refractivity contribution in [3.8, 4) is 0 Å². The van der Waals surface area contributed by atoms with Crippen molar-refractivity contribution in [3.63, 3.8) is 0 Å². The van der Waals surface area contributed by atoms with Gasteiger partial charge < -0.3 is 14.6 Å². The predicted molar refractivity (Wildman–Crippen MR) is 74.0 cm³/mol. The molecule has 0 aliphatic carbocycles. The molecule has 17 heavy (non-hydrogen) atoms. The van der Waals surface area contributed by atoms with Crippen LogP contribution in [0.3, 0.4) is 0 Å². The van der Waals surface area contributed by atoms with Crippen molar-refractivity contribution in [1.82, 2.24) is 0 Å². The third-order valence-electron chi connectivity index (χ3n) is 3.58. The van der Waals surface area contributed by atoms with E-state index < -0.39 is 0 Å². The second kappa shape index (κ2) is 6.33. The lowest BCUT2D eigenvalue weighted by molar-refractivity contribution is 0.0426. The van der Waals surface area contributed by atoms with E-state index in [1.807, 2.05) is 0 Å². The molecular weight excluding hydrogens is 352 g/mol. The summed E-state index contributed by atoms with van der Waals surface area (Å²) < 4.78 is 11.5. The summed E-state index contributed by atoms with van der Waals surface area (Å²) in [5, 5.41) is 8.82. The van der Waals surface area contributed by atoms with Crippen LogP contribution in [-0.2, 0) is 9.47 Å². The molecule has 2 saturated heterocycles. The molecule has 1 N–H and O–H groups in total. The topological polar surface area (TPSA) is 42.0 Å². The van der Waals surface area contributed by atoms with Gasteiger partial charge in [-0.05, 0) is 25.7 Å². The molecule has 5 heteroatoms. The van der Waals surface area contributed by atoms with Gasteiger partial charge in [0.25, 0.3) is 0 Å². The zero-order valence-corrected chi connectivity index (χ0v) is 13.2. The number of aliphatic hydroxyl groups is 1. The molecule has 2 rings (SSSR count). The monoisotopic (exact) mass is 370 g/mol. The number of hydrogen-bond acceptors (Lipinski definition) is 3. The lowest BCUT2D eigenvalue weighted by atomic mass is 10.1. The van der Waals surface area contributed by atoms with Gasteiger partial charge in [0.05, 0.1) is 24.4 Å². The normalized spacial score (nSPS) is 42.7. The summed E-state index contributed by atoms with van der Waals surface area (Å²) in [7, 11) is 0. The summed E-state index contributed by atoms with van der Waals surface area (Å²) >= 11 is 7.40. The molecule has 3 nitrogen and oxygen atoms in total. The van der Waals surface area contributed by atoms with E-state index in [-0.39, 0.29) is 18.8 Å². The number of ether oxygens (including phenoxy) is 2. The average Bonchev–Trinajstić information content (AvgIpc) is 2.90. The Morgan fingerprint density at radius 2 is 2.06 bits per heavy atom. The molecular formula is C12H20Br2O3. The van der Waals surface area contributed by atoms with Crippen LogP contribution in [-0.4, -0.2) is 45.8 Å². The Labute approximate surface area is 119 Å². The first-order valence-electron chi connectivity index (χ1n) is 6.35. The third-order valence-corrected chi connectivity index (χ3v) is 5.50. The molecule has 2 aliphatic rings. The number of alkyl halides is 2. The summed E-state index contributed by atoms with van der Waals surface area (Å²) in [6.45, 7) is 2.38. The van der Waals surface area contributed by atoms with Crippen LogP contribution in [0.2, 0.25) is 0 Å². The lowest BCUT2D eigenvalue weighted by Crippen LogP contribution is -2.23. The highest BCUT2D eigenvalue weighted by Crippen LogP contribution is 2.37. The van der Waals surface area contributed by atoms with Crippen LogP contribution < -0.4 is 0 Å². The van der Waals surface area contributed by atoms with Gasteiger partial charge in [-0.1, -0.05) is 38.8 Å². The highest BCUT2D eigenvalue weighted by Gasteiger charge is 2.43. The van der Waals surface area contributed by atoms with Gasteiger partial charge in [0.15, 0.2) is 0 Å². The first-order valence-corrected chi connectivity index (χ1v) is 8.18. The maximum Gasteiger partial charge on any atom is 0.0864 e. The molecule has 0 radical (unpaired) electrons. The maximum atomic E-state index is 8.82. The smallest absolute Gasteiger partial charge is 0.0864 e. The van der Waals surface area contributed by atoms with Crippen molar-refractivity contribution in [2.75, 3.05) is 6.61 Å². The van der Waals surface area contributed by atoms with Gasteiger partial charge in [-0.3, -0.25) is 0 Å². The van der Waals surface area contributed by atoms with E-state index in [4.69, 9.17) is 14.6 Å². The Hall–Kier alpha value is 0.840. The zero-order chi connectivity index (χ0) is 12.4. The average molecular weight is 372 g/mol. The molecule has 2 aliphatic heterocycles. The van der Waals surface area contributed by atoms with Gasteiger partial charge in [0, 0.05) is 16.3 Å². The molecule has 0 aromatic carbocycles. The van der Waals surface area contributed by atoms with E-state index in [0.29, 0.717) is 21.9 Å². The molecule has 0 saturated carbocycles. The van der Waals surface area contributed by atoms with Crippen molar-refractivity contribution in [2.24, 2.45) is 0 Å².